The first-order valence-corrected chi connectivity index (χ1v) is 5.79. The van der Waals surface area contributed by atoms with E-state index in [0.717, 1.165) is 12.1 Å². The topological polar surface area (TPSA) is 26.3 Å². The lowest BCUT2D eigenvalue weighted by atomic mass is 10.2. The quantitative estimate of drug-likeness (QED) is 0.620. The summed E-state index contributed by atoms with van der Waals surface area (Å²) in [6, 6.07) is 9.29. The molecule has 18 heavy (non-hydrogen) atoms. The van der Waals surface area contributed by atoms with Crippen LogP contribution < -0.4 is 4.74 Å². The van der Waals surface area contributed by atoms with E-state index >= 15 is 0 Å². The maximum atomic E-state index is 13.4. The highest BCUT2D eigenvalue weighted by atomic mass is 79.9. The molecule has 0 aliphatic rings. The number of esters is 1. The second kappa shape index (κ2) is 5.27. The van der Waals surface area contributed by atoms with E-state index in [1.807, 2.05) is 0 Å². The van der Waals surface area contributed by atoms with Gasteiger partial charge in [0, 0.05) is 4.47 Å². The normalized spacial score (nSPS) is 10.2. The van der Waals surface area contributed by atoms with Gasteiger partial charge in [-0.3, -0.25) is 0 Å². The minimum absolute atomic E-state index is 0.234. The molecule has 0 aliphatic heterocycles. The van der Waals surface area contributed by atoms with Crippen molar-refractivity contribution >= 4 is 21.9 Å². The van der Waals surface area contributed by atoms with Crippen molar-refractivity contribution in [1.29, 1.82) is 0 Å². The van der Waals surface area contributed by atoms with Crippen molar-refractivity contribution in [1.82, 2.24) is 0 Å². The molecule has 2 aromatic carbocycles. The zero-order chi connectivity index (χ0) is 13.1. The van der Waals surface area contributed by atoms with Gasteiger partial charge in [-0.25, -0.2) is 13.6 Å². The van der Waals surface area contributed by atoms with Crippen molar-refractivity contribution in [3.63, 3.8) is 0 Å². The van der Waals surface area contributed by atoms with Crippen LogP contribution in [0.5, 0.6) is 5.75 Å². The molecule has 0 N–H and O–H groups in total. The number of hydrogen-bond acceptors (Lipinski definition) is 2. The number of rotatable bonds is 2. The van der Waals surface area contributed by atoms with Gasteiger partial charge < -0.3 is 4.74 Å². The average Bonchev–Trinajstić information content (AvgIpc) is 2.35. The van der Waals surface area contributed by atoms with Crippen molar-refractivity contribution in [2.24, 2.45) is 0 Å². The molecule has 92 valence electrons. The molecule has 0 bridgehead atoms. The average molecular weight is 313 g/mol. The summed E-state index contributed by atoms with van der Waals surface area (Å²) in [6.07, 6.45) is 0. The summed E-state index contributed by atoms with van der Waals surface area (Å²) in [5, 5.41) is 0. The molecule has 5 heteroatoms. The highest BCUT2D eigenvalue weighted by Crippen LogP contribution is 2.20. The molecule has 0 heterocycles. The van der Waals surface area contributed by atoms with Crippen LogP contribution in [0.15, 0.2) is 46.9 Å². The van der Waals surface area contributed by atoms with E-state index in [2.05, 4.69) is 15.9 Å². The van der Waals surface area contributed by atoms with Crippen LogP contribution >= 0.6 is 15.9 Å². The molecule has 0 aromatic heterocycles. The Morgan fingerprint density at radius 2 is 1.78 bits per heavy atom. The van der Waals surface area contributed by atoms with E-state index < -0.39 is 17.6 Å². The summed E-state index contributed by atoms with van der Waals surface area (Å²) in [4.78, 5) is 11.7. The Balaban J connectivity index is 2.28. The summed E-state index contributed by atoms with van der Waals surface area (Å²) < 4.78 is 32.0. The van der Waals surface area contributed by atoms with Crippen LogP contribution in [0.1, 0.15) is 10.4 Å². The number of ether oxygens (including phenoxy) is 1. The van der Waals surface area contributed by atoms with Gasteiger partial charge in [0.25, 0.3) is 0 Å². The highest BCUT2D eigenvalue weighted by molar-refractivity contribution is 9.10. The summed E-state index contributed by atoms with van der Waals surface area (Å²) in [5.41, 5.74) is -0.257. The van der Waals surface area contributed by atoms with Crippen LogP contribution in [0.2, 0.25) is 0 Å². The molecule has 0 saturated heterocycles. The van der Waals surface area contributed by atoms with Gasteiger partial charge in [-0.1, -0.05) is 28.1 Å². The molecular formula is C13H7BrF2O2. The van der Waals surface area contributed by atoms with Crippen molar-refractivity contribution in [3.05, 3.63) is 64.1 Å². The second-order valence-electron chi connectivity index (χ2n) is 3.44. The predicted octanol–water partition coefficient (Wildman–Crippen LogP) is 3.95. The van der Waals surface area contributed by atoms with E-state index in [9.17, 15) is 13.6 Å². The number of carbonyl (C=O) groups excluding carboxylic acids is 1. The van der Waals surface area contributed by atoms with Crippen molar-refractivity contribution in [2.75, 3.05) is 0 Å². The first-order chi connectivity index (χ1) is 8.58. The van der Waals surface area contributed by atoms with Gasteiger partial charge >= 0.3 is 5.97 Å². The maximum Gasteiger partial charge on any atom is 0.346 e. The maximum absolute atomic E-state index is 13.4. The first kappa shape index (κ1) is 12.7. The van der Waals surface area contributed by atoms with Gasteiger partial charge in [-0.15, -0.1) is 0 Å². The molecule has 0 saturated carbocycles. The zero-order valence-electron chi connectivity index (χ0n) is 8.99. The fourth-order valence-corrected chi connectivity index (χ4v) is 1.70. The van der Waals surface area contributed by atoms with E-state index in [4.69, 9.17) is 4.74 Å². The largest absolute Gasteiger partial charge is 0.420 e. The Labute approximate surface area is 110 Å². The Hall–Kier alpha value is -1.75. The van der Waals surface area contributed by atoms with Gasteiger partial charge in [-0.05, 0) is 30.3 Å². The lowest BCUT2D eigenvalue weighted by molar-refractivity contribution is 0.0723. The minimum Gasteiger partial charge on any atom is -0.420 e. The smallest absolute Gasteiger partial charge is 0.346 e. The lowest BCUT2D eigenvalue weighted by Crippen LogP contribution is -2.11. The van der Waals surface area contributed by atoms with Crippen LogP contribution in [-0.4, -0.2) is 5.97 Å². The number of hydrogen-bond donors (Lipinski definition) is 0. The van der Waals surface area contributed by atoms with Crippen molar-refractivity contribution < 1.29 is 18.3 Å². The SMILES string of the molecule is O=C(Oc1ccccc1F)c1cc(Br)ccc1F. The van der Waals surface area contributed by atoms with Crippen LogP contribution in [0.3, 0.4) is 0 Å². The third kappa shape index (κ3) is 2.73. The molecular weight excluding hydrogens is 306 g/mol. The van der Waals surface area contributed by atoms with Crippen LogP contribution in [-0.2, 0) is 0 Å². The van der Waals surface area contributed by atoms with E-state index in [1.54, 1.807) is 0 Å². The third-order valence-corrected chi connectivity index (χ3v) is 2.68. The molecule has 0 spiro atoms. The van der Waals surface area contributed by atoms with E-state index in [1.165, 1.54) is 30.3 Å². The van der Waals surface area contributed by atoms with Gasteiger partial charge in [0.1, 0.15) is 5.82 Å². The molecule has 0 amide bonds. The van der Waals surface area contributed by atoms with E-state index in [0.29, 0.717) is 4.47 Å². The fourth-order valence-electron chi connectivity index (χ4n) is 1.34. The van der Waals surface area contributed by atoms with Crippen molar-refractivity contribution in [2.45, 2.75) is 0 Å². The van der Waals surface area contributed by atoms with Crippen LogP contribution in [0.4, 0.5) is 8.78 Å². The zero-order valence-corrected chi connectivity index (χ0v) is 10.6. The molecule has 2 aromatic rings. The predicted molar refractivity (Wildman–Crippen MR) is 65.5 cm³/mol. The fraction of sp³-hybridized carbons (Fsp3) is 0. The molecule has 2 nitrogen and oxygen atoms in total. The summed E-state index contributed by atoms with van der Waals surface area (Å²) in [6.45, 7) is 0. The molecule has 2 rings (SSSR count). The number of carbonyl (C=O) groups is 1. The lowest BCUT2D eigenvalue weighted by Gasteiger charge is -2.06. The third-order valence-electron chi connectivity index (χ3n) is 2.19. The number of para-hydroxylation sites is 1. The van der Waals surface area contributed by atoms with Crippen LogP contribution in [0.25, 0.3) is 0 Å². The van der Waals surface area contributed by atoms with Gasteiger partial charge in [-0.2, -0.15) is 0 Å². The Bertz CT molecular complexity index is 599. The molecule has 0 atom stereocenters. The highest BCUT2D eigenvalue weighted by Gasteiger charge is 2.16. The summed E-state index contributed by atoms with van der Waals surface area (Å²) in [7, 11) is 0. The molecule has 0 radical (unpaired) electrons. The van der Waals surface area contributed by atoms with Gasteiger partial charge in [0.05, 0.1) is 5.56 Å². The standard InChI is InChI=1S/C13H7BrF2O2/c14-8-5-6-10(15)9(7-8)13(17)18-12-4-2-1-3-11(12)16/h1-7H. The monoisotopic (exact) mass is 312 g/mol. The summed E-state index contributed by atoms with van der Waals surface area (Å²) >= 11 is 3.12. The van der Waals surface area contributed by atoms with Gasteiger partial charge in [0.2, 0.25) is 0 Å². The van der Waals surface area contributed by atoms with Gasteiger partial charge in [0.15, 0.2) is 11.6 Å². The Kier molecular flexibility index (Phi) is 3.72. The number of halogens is 3. The molecule has 0 fully saturated rings. The number of benzene rings is 2. The molecule has 0 unspecified atom stereocenters. The first-order valence-electron chi connectivity index (χ1n) is 4.99. The molecule has 0 aliphatic carbocycles. The Morgan fingerprint density at radius 1 is 1.06 bits per heavy atom. The van der Waals surface area contributed by atoms with Crippen LogP contribution in [0, 0.1) is 11.6 Å². The van der Waals surface area contributed by atoms with Crippen molar-refractivity contribution in [3.8, 4) is 5.75 Å². The summed E-state index contributed by atoms with van der Waals surface area (Å²) in [5.74, 6) is -2.58. The second-order valence-corrected chi connectivity index (χ2v) is 4.36. The minimum atomic E-state index is -0.945. The van der Waals surface area contributed by atoms with E-state index in [-0.39, 0.29) is 11.3 Å². The Morgan fingerprint density at radius 3 is 2.50 bits per heavy atom.